The Morgan fingerprint density at radius 2 is 1.75 bits per heavy atom. The van der Waals surface area contributed by atoms with E-state index in [2.05, 4.69) is 5.16 Å². The molecule has 5 rings (SSSR count). The lowest BCUT2D eigenvalue weighted by atomic mass is 10.0. The van der Waals surface area contributed by atoms with Crippen LogP contribution >= 0.6 is 23.2 Å². The van der Waals surface area contributed by atoms with Crippen molar-refractivity contribution in [1.82, 2.24) is 5.16 Å². The first-order valence-corrected chi connectivity index (χ1v) is 10.6. The molecule has 32 heavy (non-hydrogen) atoms. The number of halogens is 2. The molecule has 0 aliphatic rings. The number of fused-ring (bicyclic) bond motifs is 1. The van der Waals surface area contributed by atoms with Gasteiger partial charge in [-0.2, -0.15) is 0 Å². The Labute approximate surface area is 193 Å². The second-order valence-corrected chi connectivity index (χ2v) is 7.98. The Morgan fingerprint density at radius 3 is 2.56 bits per heavy atom. The Balaban J connectivity index is 1.40. The molecule has 5 aromatic rings. The van der Waals surface area contributed by atoms with Crippen molar-refractivity contribution in [2.45, 2.75) is 0 Å². The summed E-state index contributed by atoms with van der Waals surface area (Å²) in [4.78, 5) is 12.8. The molecule has 0 N–H and O–H groups in total. The van der Waals surface area contributed by atoms with Crippen LogP contribution in [0.25, 0.3) is 39.6 Å². The maximum Gasteiger partial charge on any atom is 0.185 e. The Morgan fingerprint density at radius 1 is 0.906 bits per heavy atom. The van der Waals surface area contributed by atoms with Crippen molar-refractivity contribution in [3.63, 3.8) is 0 Å². The van der Waals surface area contributed by atoms with Gasteiger partial charge < -0.3 is 8.94 Å². The van der Waals surface area contributed by atoms with Gasteiger partial charge in [-0.05, 0) is 60.7 Å². The van der Waals surface area contributed by atoms with Gasteiger partial charge in [-0.1, -0.05) is 58.7 Å². The van der Waals surface area contributed by atoms with Gasteiger partial charge in [0.2, 0.25) is 0 Å². The molecule has 0 fully saturated rings. The second-order valence-electron chi connectivity index (χ2n) is 7.13. The number of carbonyl (C=O) groups is 1. The van der Waals surface area contributed by atoms with Gasteiger partial charge in [0.15, 0.2) is 11.5 Å². The van der Waals surface area contributed by atoms with Gasteiger partial charge >= 0.3 is 0 Å². The number of benzene rings is 3. The van der Waals surface area contributed by atoms with Crippen LogP contribution in [0.3, 0.4) is 0 Å². The first kappa shape index (κ1) is 20.3. The highest BCUT2D eigenvalue weighted by Gasteiger charge is 2.13. The second kappa shape index (κ2) is 8.50. The number of carbonyl (C=O) groups excluding carboxylic acids is 1. The van der Waals surface area contributed by atoms with Gasteiger partial charge in [-0.15, -0.1) is 0 Å². The zero-order chi connectivity index (χ0) is 22.1. The number of allylic oxidation sites excluding steroid dienone is 1. The van der Waals surface area contributed by atoms with Crippen molar-refractivity contribution < 1.29 is 13.7 Å². The fourth-order valence-electron chi connectivity index (χ4n) is 3.42. The lowest BCUT2D eigenvalue weighted by molar-refractivity contribution is 0.104. The SMILES string of the molecule is O=C(C=Cc1ccc(-c2ccc(Cl)cc2Cl)o1)c1ccc2noc(-c3ccccc3)c2c1. The summed E-state index contributed by atoms with van der Waals surface area (Å²) < 4.78 is 11.3. The van der Waals surface area contributed by atoms with Crippen molar-refractivity contribution in [1.29, 1.82) is 0 Å². The van der Waals surface area contributed by atoms with E-state index in [1.54, 1.807) is 54.6 Å². The molecule has 0 saturated heterocycles. The first-order valence-electron chi connectivity index (χ1n) is 9.81. The predicted molar refractivity (Wildman–Crippen MR) is 127 cm³/mol. The van der Waals surface area contributed by atoms with Crippen LogP contribution in [0.2, 0.25) is 10.0 Å². The molecule has 156 valence electrons. The van der Waals surface area contributed by atoms with Crippen molar-refractivity contribution >= 4 is 46.0 Å². The van der Waals surface area contributed by atoms with Crippen LogP contribution in [0.1, 0.15) is 16.1 Å². The Kier molecular flexibility index (Phi) is 5.39. The minimum absolute atomic E-state index is 0.158. The summed E-state index contributed by atoms with van der Waals surface area (Å²) in [6.07, 6.45) is 3.11. The summed E-state index contributed by atoms with van der Waals surface area (Å²) in [5.41, 5.74) is 2.86. The number of rotatable bonds is 5. The monoisotopic (exact) mass is 459 g/mol. The van der Waals surface area contributed by atoms with E-state index < -0.39 is 0 Å². The van der Waals surface area contributed by atoms with Crippen LogP contribution in [0.4, 0.5) is 0 Å². The summed E-state index contributed by atoms with van der Waals surface area (Å²) in [6.45, 7) is 0. The fourth-order valence-corrected chi connectivity index (χ4v) is 3.92. The fraction of sp³-hybridized carbons (Fsp3) is 0. The van der Waals surface area contributed by atoms with Crippen LogP contribution in [0, 0.1) is 0 Å². The smallest absolute Gasteiger partial charge is 0.185 e. The summed E-state index contributed by atoms with van der Waals surface area (Å²) in [7, 11) is 0. The lowest BCUT2D eigenvalue weighted by Gasteiger charge is -2.00. The molecule has 0 atom stereocenters. The van der Waals surface area contributed by atoms with Crippen molar-refractivity contribution in [3.8, 4) is 22.6 Å². The predicted octanol–water partition coefficient (Wildman–Crippen LogP) is 7.96. The van der Waals surface area contributed by atoms with Gasteiger partial charge in [0.1, 0.15) is 17.0 Å². The van der Waals surface area contributed by atoms with Crippen molar-refractivity contribution in [3.05, 3.63) is 106 Å². The molecule has 2 aromatic heterocycles. The molecule has 0 radical (unpaired) electrons. The number of hydrogen-bond acceptors (Lipinski definition) is 4. The summed E-state index contributed by atoms with van der Waals surface area (Å²) >= 11 is 12.2. The molecule has 0 spiro atoms. The standard InChI is InChI=1S/C26H15Cl2NO3/c27-18-7-10-20(22(28)15-18)25-13-9-19(31-25)8-12-24(30)17-6-11-23-21(14-17)26(32-29-23)16-4-2-1-3-5-16/h1-15H. The summed E-state index contributed by atoms with van der Waals surface area (Å²) in [5, 5.41) is 5.93. The largest absolute Gasteiger partial charge is 0.457 e. The van der Waals surface area contributed by atoms with E-state index in [0.717, 1.165) is 16.5 Å². The van der Waals surface area contributed by atoms with Crippen LogP contribution in [-0.2, 0) is 0 Å². The normalized spacial score (nSPS) is 11.4. The molecule has 0 bridgehead atoms. The topological polar surface area (TPSA) is 56.2 Å². The van der Waals surface area contributed by atoms with Gasteiger partial charge in [0.05, 0.1) is 10.4 Å². The van der Waals surface area contributed by atoms with Gasteiger partial charge in [0, 0.05) is 21.7 Å². The van der Waals surface area contributed by atoms with E-state index in [0.29, 0.717) is 38.4 Å². The van der Waals surface area contributed by atoms with E-state index in [1.807, 2.05) is 30.3 Å². The summed E-state index contributed by atoms with van der Waals surface area (Å²) in [5.74, 6) is 1.61. The quantitative estimate of drug-likeness (QED) is 0.197. The van der Waals surface area contributed by atoms with E-state index in [-0.39, 0.29) is 5.78 Å². The zero-order valence-electron chi connectivity index (χ0n) is 16.6. The molecule has 3 aromatic carbocycles. The maximum absolute atomic E-state index is 12.8. The van der Waals surface area contributed by atoms with Crippen LogP contribution in [0.15, 0.2) is 93.9 Å². The van der Waals surface area contributed by atoms with E-state index >= 15 is 0 Å². The molecule has 0 saturated carbocycles. The van der Waals surface area contributed by atoms with Gasteiger partial charge in [-0.3, -0.25) is 4.79 Å². The number of ketones is 1. The minimum Gasteiger partial charge on any atom is -0.457 e. The number of hydrogen-bond donors (Lipinski definition) is 0. The minimum atomic E-state index is -0.158. The number of furan rings is 1. The van der Waals surface area contributed by atoms with Crippen molar-refractivity contribution in [2.75, 3.05) is 0 Å². The molecule has 0 aliphatic carbocycles. The highest BCUT2D eigenvalue weighted by Crippen LogP contribution is 2.32. The van der Waals surface area contributed by atoms with Crippen molar-refractivity contribution in [2.24, 2.45) is 0 Å². The third-order valence-corrected chi connectivity index (χ3v) is 5.57. The Bertz CT molecular complexity index is 1470. The van der Waals surface area contributed by atoms with Gasteiger partial charge in [0.25, 0.3) is 0 Å². The molecule has 6 heteroatoms. The highest BCUT2D eigenvalue weighted by molar-refractivity contribution is 6.36. The average Bonchev–Trinajstić information content (AvgIpc) is 3.45. The lowest BCUT2D eigenvalue weighted by Crippen LogP contribution is -1.93. The molecule has 0 amide bonds. The summed E-state index contributed by atoms with van der Waals surface area (Å²) in [6, 6.07) is 23.7. The van der Waals surface area contributed by atoms with Gasteiger partial charge in [-0.25, -0.2) is 0 Å². The third-order valence-electron chi connectivity index (χ3n) is 5.02. The molecule has 0 aliphatic heterocycles. The zero-order valence-corrected chi connectivity index (χ0v) is 18.1. The third kappa shape index (κ3) is 3.98. The van der Waals surface area contributed by atoms with Crippen LogP contribution in [-0.4, -0.2) is 10.9 Å². The first-order chi connectivity index (χ1) is 15.6. The number of aromatic nitrogens is 1. The highest BCUT2D eigenvalue weighted by atomic mass is 35.5. The molecule has 4 nitrogen and oxygen atoms in total. The Hall–Kier alpha value is -3.60. The van der Waals surface area contributed by atoms with Crippen LogP contribution < -0.4 is 0 Å². The van der Waals surface area contributed by atoms with E-state index in [4.69, 9.17) is 32.1 Å². The van der Waals surface area contributed by atoms with E-state index in [9.17, 15) is 4.79 Å². The average molecular weight is 460 g/mol. The van der Waals surface area contributed by atoms with E-state index in [1.165, 1.54) is 6.08 Å². The maximum atomic E-state index is 12.8. The molecular formula is C26H15Cl2NO3. The molecule has 2 heterocycles. The molecular weight excluding hydrogens is 445 g/mol. The number of nitrogens with zero attached hydrogens (tertiary/aromatic N) is 1. The molecule has 0 unspecified atom stereocenters. The van der Waals surface area contributed by atoms with Crippen LogP contribution in [0.5, 0.6) is 0 Å².